The lowest BCUT2D eigenvalue weighted by molar-refractivity contribution is 0.0992. The van der Waals surface area contributed by atoms with Gasteiger partial charge in [-0.25, -0.2) is 4.79 Å². The highest BCUT2D eigenvalue weighted by Gasteiger charge is 2.41. The highest BCUT2D eigenvalue weighted by atomic mass is 127. The third kappa shape index (κ3) is 7.46. The van der Waals surface area contributed by atoms with Crippen molar-refractivity contribution < 1.29 is 14.3 Å². The lowest BCUT2D eigenvalue weighted by Crippen LogP contribution is -2.48. The first-order chi connectivity index (χ1) is 12.0. The zero-order valence-corrected chi connectivity index (χ0v) is 18.7. The number of nitrogens with zero attached hydrogens (tertiary/aromatic N) is 1. The van der Waals surface area contributed by atoms with Crippen molar-refractivity contribution in [2.45, 2.75) is 77.7 Å². The molecule has 4 unspecified atom stereocenters. The van der Waals surface area contributed by atoms with Crippen LogP contribution in [0, 0.1) is 5.92 Å². The van der Waals surface area contributed by atoms with Crippen molar-refractivity contribution in [3.8, 4) is 0 Å². The van der Waals surface area contributed by atoms with E-state index in [0.29, 0.717) is 37.3 Å². The van der Waals surface area contributed by atoms with Crippen molar-refractivity contribution in [1.82, 2.24) is 16.0 Å². The predicted molar refractivity (Wildman–Crippen MR) is 114 cm³/mol. The maximum Gasteiger partial charge on any atom is 0.407 e. The third-order valence-electron chi connectivity index (χ3n) is 4.60. The van der Waals surface area contributed by atoms with Gasteiger partial charge in [-0.1, -0.05) is 13.8 Å². The van der Waals surface area contributed by atoms with E-state index < -0.39 is 0 Å². The van der Waals surface area contributed by atoms with Crippen LogP contribution in [-0.2, 0) is 9.47 Å². The minimum absolute atomic E-state index is 0. The van der Waals surface area contributed by atoms with Crippen LogP contribution in [0.1, 0.15) is 53.4 Å². The van der Waals surface area contributed by atoms with Gasteiger partial charge in [0.05, 0.1) is 37.4 Å². The Morgan fingerprint density at radius 3 is 2.62 bits per heavy atom. The van der Waals surface area contributed by atoms with Gasteiger partial charge in [0, 0.05) is 6.54 Å². The highest BCUT2D eigenvalue weighted by molar-refractivity contribution is 14.0. The summed E-state index contributed by atoms with van der Waals surface area (Å²) in [6.45, 7) is 9.83. The smallest absolute Gasteiger partial charge is 0.407 e. The Hall–Kier alpha value is -0.770. The third-order valence-corrected chi connectivity index (χ3v) is 4.60. The first-order valence-corrected chi connectivity index (χ1v) is 9.65. The average Bonchev–Trinajstić information content (AvgIpc) is 3.15. The molecule has 0 aromatic rings. The van der Waals surface area contributed by atoms with Gasteiger partial charge in [0.1, 0.15) is 0 Å². The highest BCUT2D eigenvalue weighted by Crippen LogP contribution is 2.34. The molecule has 2 heterocycles. The largest absolute Gasteiger partial charge is 0.450 e. The molecular weight excluding hydrogens is 447 g/mol. The number of alkyl carbamates (subject to hydrolysis) is 1. The predicted octanol–water partition coefficient (Wildman–Crippen LogP) is 2.64. The Bertz CT molecular complexity index is 462. The number of ether oxygens (including phenoxy) is 2. The molecule has 7 nitrogen and oxygen atoms in total. The van der Waals surface area contributed by atoms with Crippen molar-refractivity contribution in [3.63, 3.8) is 0 Å². The van der Waals surface area contributed by atoms with E-state index in [1.807, 2.05) is 0 Å². The Kier molecular flexibility index (Phi) is 10.6. The minimum atomic E-state index is -0.372. The van der Waals surface area contributed by atoms with Gasteiger partial charge in [-0.2, -0.15) is 0 Å². The van der Waals surface area contributed by atoms with Gasteiger partial charge >= 0.3 is 6.09 Å². The molecule has 0 radical (unpaired) electrons. The van der Waals surface area contributed by atoms with Crippen LogP contribution >= 0.6 is 24.0 Å². The number of halogens is 1. The van der Waals surface area contributed by atoms with Gasteiger partial charge in [-0.15, -0.1) is 24.0 Å². The number of nitrogens with one attached hydrogen (secondary N) is 3. The van der Waals surface area contributed by atoms with Crippen molar-refractivity contribution in [2.75, 3.05) is 19.7 Å². The van der Waals surface area contributed by atoms with Crippen LogP contribution < -0.4 is 16.0 Å². The van der Waals surface area contributed by atoms with Crippen LogP contribution in [-0.4, -0.2) is 56.0 Å². The molecule has 152 valence electrons. The number of rotatable bonds is 8. The van der Waals surface area contributed by atoms with Gasteiger partial charge in [-0.3, -0.25) is 4.99 Å². The number of hydrogen-bond donors (Lipinski definition) is 3. The summed E-state index contributed by atoms with van der Waals surface area (Å²) in [5, 5.41) is 9.72. The fourth-order valence-corrected chi connectivity index (χ4v) is 3.57. The van der Waals surface area contributed by atoms with Gasteiger partial charge in [0.15, 0.2) is 5.96 Å². The number of fused-ring (bicyclic) bond motifs is 2. The molecule has 0 spiro atoms. The first-order valence-electron chi connectivity index (χ1n) is 9.65. The van der Waals surface area contributed by atoms with Gasteiger partial charge in [0.25, 0.3) is 0 Å². The SMILES string of the molecule is CCNC(=NCC(CC(C)C)NC(=O)OCC)NC1CC2CCC1O2.I. The molecule has 2 bridgehead atoms. The second-order valence-electron chi connectivity index (χ2n) is 7.27. The minimum Gasteiger partial charge on any atom is -0.450 e. The Morgan fingerprint density at radius 1 is 1.31 bits per heavy atom. The maximum absolute atomic E-state index is 11.7. The number of guanidine groups is 1. The van der Waals surface area contributed by atoms with E-state index >= 15 is 0 Å². The van der Waals surface area contributed by atoms with E-state index in [0.717, 1.165) is 31.8 Å². The van der Waals surface area contributed by atoms with Crippen LogP contribution in [0.2, 0.25) is 0 Å². The topological polar surface area (TPSA) is 84.0 Å². The van der Waals surface area contributed by atoms with E-state index in [1.165, 1.54) is 6.42 Å². The number of aliphatic imine (C=N–C) groups is 1. The fourth-order valence-electron chi connectivity index (χ4n) is 3.57. The normalized spacial score (nSPS) is 25.6. The molecule has 0 aromatic carbocycles. The number of carbonyl (C=O) groups excluding carboxylic acids is 1. The standard InChI is InChI=1S/C18H34N4O3.HI/c1-5-19-17(22-15-10-14-7-8-16(15)25-14)20-11-13(9-12(3)4)21-18(23)24-6-2;/h12-16H,5-11H2,1-4H3,(H,21,23)(H2,19,20,22);1H. The van der Waals surface area contributed by atoms with E-state index in [4.69, 9.17) is 14.5 Å². The Labute approximate surface area is 174 Å². The van der Waals surface area contributed by atoms with Crippen LogP contribution in [0.25, 0.3) is 0 Å². The summed E-state index contributed by atoms with van der Waals surface area (Å²) in [5.41, 5.74) is 0. The first kappa shape index (κ1) is 23.3. The molecule has 2 saturated heterocycles. The summed E-state index contributed by atoms with van der Waals surface area (Å²) in [5.74, 6) is 1.26. The van der Waals surface area contributed by atoms with Crippen LogP contribution in [0.5, 0.6) is 0 Å². The molecular formula is C18H35IN4O3. The molecule has 1 amide bonds. The zero-order chi connectivity index (χ0) is 18.2. The van der Waals surface area contributed by atoms with E-state index in [2.05, 4.69) is 36.7 Å². The lowest BCUT2D eigenvalue weighted by Gasteiger charge is -2.24. The molecule has 0 aromatic heterocycles. The molecule has 4 atom stereocenters. The molecule has 0 aliphatic carbocycles. The summed E-state index contributed by atoms with van der Waals surface area (Å²) in [6, 6.07) is 0.295. The molecule has 8 heteroatoms. The average molecular weight is 482 g/mol. The van der Waals surface area contributed by atoms with Crippen LogP contribution in [0.15, 0.2) is 4.99 Å². The van der Waals surface area contributed by atoms with E-state index in [1.54, 1.807) is 6.92 Å². The lowest BCUT2D eigenvalue weighted by atomic mass is 9.96. The Balaban J connectivity index is 0.00000338. The van der Waals surface area contributed by atoms with Crippen molar-refractivity contribution in [3.05, 3.63) is 0 Å². The summed E-state index contributed by atoms with van der Waals surface area (Å²) in [4.78, 5) is 16.4. The Morgan fingerprint density at radius 2 is 2.08 bits per heavy atom. The van der Waals surface area contributed by atoms with Gasteiger partial charge < -0.3 is 25.4 Å². The van der Waals surface area contributed by atoms with Gasteiger partial charge in [-0.05, 0) is 45.4 Å². The van der Waals surface area contributed by atoms with Crippen LogP contribution in [0.4, 0.5) is 4.79 Å². The molecule has 2 rings (SSSR count). The molecule has 0 saturated carbocycles. The monoisotopic (exact) mass is 482 g/mol. The fraction of sp³-hybridized carbons (Fsp3) is 0.889. The van der Waals surface area contributed by atoms with E-state index in [-0.39, 0.29) is 36.1 Å². The molecule has 3 N–H and O–H groups in total. The summed E-state index contributed by atoms with van der Waals surface area (Å²) < 4.78 is 10.9. The number of hydrogen-bond acceptors (Lipinski definition) is 4. The quantitative estimate of drug-likeness (QED) is 0.282. The summed E-state index contributed by atoms with van der Waals surface area (Å²) in [6.07, 6.45) is 4.55. The number of carbonyl (C=O) groups is 1. The van der Waals surface area contributed by atoms with Gasteiger partial charge in [0.2, 0.25) is 0 Å². The van der Waals surface area contributed by atoms with Crippen molar-refractivity contribution >= 4 is 36.0 Å². The van der Waals surface area contributed by atoms with Crippen LogP contribution in [0.3, 0.4) is 0 Å². The summed E-state index contributed by atoms with van der Waals surface area (Å²) >= 11 is 0. The molecule has 26 heavy (non-hydrogen) atoms. The summed E-state index contributed by atoms with van der Waals surface area (Å²) in [7, 11) is 0. The van der Waals surface area contributed by atoms with E-state index in [9.17, 15) is 4.79 Å². The molecule has 2 aliphatic rings. The maximum atomic E-state index is 11.7. The molecule has 2 fully saturated rings. The zero-order valence-electron chi connectivity index (χ0n) is 16.4. The van der Waals surface area contributed by atoms with Crippen molar-refractivity contribution in [1.29, 1.82) is 0 Å². The molecule has 2 aliphatic heterocycles. The van der Waals surface area contributed by atoms with Crippen molar-refractivity contribution in [2.24, 2.45) is 10.9 Å². The second-order valence-corrected chi connectivity index (χ2v) is 7.27. The second kappa shape index (κ2) is 11.8. The number of amides is 1.